The Morgan fingerprint density at radius 2 is 2.17 bits per heavy atom. The molecule has 0 unspecified atom stereocenters. The fourth-order valence-electron chi connectivity index (χ4n) is 1.88. The van der Waals surface area contributed by atoms with Gasteiger partial charge < -0.3 is 14.8 Å². The van der Waals surface area contributed by atoms with Crippen molar-refractivity contribution in [2.75, 3.05) is 18.5 Å². The van der Waals surface area contributed by atoms with Gasteiger partial charge in [-0.1, -0.05) is 11.6 Å². The van der Waals surface area contributed by atoms with Crippen LogP contribution in [0.5, 0.6) is 5.75 Å². The van der Waals surface area contributed by atoms with E-state index in [1.807, 2.05) is 45.0 Å². The molecule has 0 amide bonds. The van der Waals surface area contributed by atoms with Gasteiger partial charge in [0.15, 0.2) is 10.8 Å². The number of allylic oxidation sites excluding steroid dienone is 1. The van der Waals surface area contributed by atoms with E-state index < -0.39 is 5.97 Å². The van der Waals surface area contributed by atoms with Crippen molar-refractivity contribution in [1.29, 1.82) is 0 Å². The van der Waals surface area contributed by atoms with Gasteiger partial charge in [-0.3, -0.25) is 0 Å². The van der Waals surface area contributed by atoms with Crippen molar-refractivity contribution in [2.24, 2.45) is 0 Å². The number of carbonyl (C=O) groups excluding carboxylic acids is 1. The number of hydrogen-bond donors (Lipinski definition) is 1. The lowest BCUT2D eigenvalue weighted by Gasteiger charge is -2.10. The first-order chi connectivity index (χ1) is 11.5. The van der Waals surface area contributed by atoms with Crippen molar-refractivity contribution in [1.82, 2.24) is 4.98 Å². The van der Waals surface area contributed by atoms with Crippen LogP contribution in [0.15, 0.2) is 35.2 Å². The summed E-state index contributed by atoms with van der Waals surface area (Å²) in [4.78, 5) is 15.9. The molecular formula is C18H22N2O3S. The highest BCUT2D eigenvalue weighted by atomic mass is 32.1. The van der Waals surface area contributed by atoms with Crippen molar-refractivity contribution in [3.63, 3.8) is 0 Å². The highest BCUT2D eigenvalue weighted by Crippen LogP contribution is 2.27. The van der Waals surface area contributed by atoms with Crippen LogP contribution in [-0.4, -0.2) is 24.2 Å². The number of esters is 1. The number of nitrogens with one attached hydrogen (secondary N) is 1. The number of rotatable bonds is 7. The number of anilines is 2. The molecule has 1 aromatic carbocycles. The first-order valence-electron chi connectivity index (χ1n) is 7.76. The Balaban J connectivity index is 2.07. The van der Waals surface area contributed by atoms with Crippen LogP contribution in [0.1, 0.15) is 36.8 Å². The molecule has 0 radical (unpaired) electrons. The second kappa shape index (κ2) is 8.49. The highest BCUT2D eigenvalue weighted by Gasteiger charge is 2.12. The number of aromatic nitrogens is 1. The molecule has 2 aromatic rings. The summed E-state index contributed by atoms with van der Waals surface area (Å²) in [6.07, 6.45) is 2.03. The minimum Gasteiger partial charge on any atom is -0.489 e. The Labute approximate surface area is 146 Å². The van der Waals surface area contributed by atoms with Crippen LogP contribution in [0, 0.1) is 6.92 Å². The number of aryl methyl sites for hydroxylation is 1. The average Bonchev–Trinajstić information content (AvgIpc) is 2.99. The predicted molar refractivity (Wildman–Crippen MR) is 97.5 cm³/mol. The molecule has 24 heavy (non-hydrogen) atoms. The number of nitrogens with zero attached hydrogens (tertiary/aromatic N) is 1. The third kappa shape index (κ3) is 5.09. The van der Waals surface area contributed by atoms with E-state index in [-0.39, 0.29) is 0 Å². The van der Waals surface area contributed by atoms with Crippen molar-refractivity contribution < 1.29 is 14.3 Å². The van der Waals surface area contributed by atoms with Crippen LogP contribution < -0.4 is 10.1 Å². The van der Waals surface area contributed by atoms with Crippen LogP contribution in [0.2, 0.25) is 0 Å². The fraction of sp³-hybridized carbons (Fsp3) is 0.333. The summed E-state index contributed by atoms with van der Waals surface area (Å²) < 4.78 is 10.7. The van der Waals surface area contributed by atoms with Crippen LogP contribution in [0.25, 0.3) is 0 Å². The maximum Gasteiger partial charge on any atom is 0.357 e. The summed E-state index contributed by atoms with van der Waals surface area (Å²) in [5.74, 6) is 0.413. The third-order valence-electron chi connectivity index (χ3n) is 3.16. The Hall–Kier alpha value is -2.34. The molecule has 2 rings (SSSR count). The third-order valence-corrected chi connectivity index (χ3v) is 3.92. The van der Waals surface area contributed by atoms with Gasteiger partial charge >= 0.3 is 5.97 Å². The minimum atomic E-state index is -0.406. The molecule has 0 fully saturated rings. The quantitative estimate of drug-likeness (QED) is 0.581. The van der Waals surface area contributed by atoms with E-state index >= 15 is 0 Å². The fourth-order valence-corrected chi connectivity index (χ4v) is 2.58. The smallest absolute Gasteiger partial charge is 0.357 e. The molecule has 1 aromatic heterocycles. The van der Waals surface area contributed by atoms with Gasteiger partial charge in [-0.15, -0.1) is 11.3 Å². The average molecular weight is 346 g/mol. The first kappa shape index (κ1) is 18.0. The number of thiazole rings is 1. The molecular weight excluding hydrogens is 324 g/mol. The van der Waals surface area contributed by atoms with Crippen LogP contribution >= 0.6 is 11.3 Å². The second-order valence-electron chi connectivity index (χ2n) is 5.46. The standard InChI is InChI=1S/C18H22N2O3S/c1-5-22-17(21)15-11-24-18(20-15)19-14-7-6-13(4)16(10-14)23-9-8-12(2)3/h6-8,10-11H,5,9H2,1-4H3,(H,19,20). The summed E-state index contributed by atoms with van der Waals surface area (Å²) in [5.41, 5.74) is 3.46. The number of benzene rings is 1. The van der Waals surface area contributed by atoms with Gasteiger partial charge in [-0.2, -0.15) is 0 Å². The lowest BCUT2D eigenvalue weighted by atomic mass is 10.2. The Morgan fingerprint density at radius 1 is 1.38 bits per heavy atom. The Bertz CT molecular complexity index is 734. The van der Waals surface area contributed by atoms with Gasteiger partial charge in [0.25, 0.3) is 0 Å². The molecule has 0 aliphatic carbocycles. The van der Waals surface area contributed by atoms with Gasteiger partial charge in [0.2, 0.25) is 0 Å². The molecule has 5 nitrogen and oxygen atoms in total. The van der Waals surface area contributed by atoms with Crippen molar-refractivity contribution in [2.45, 2.75) is 27.7 Å². The van der Waals surface area contributed by atoms with Crippen LogP contribution in [0.3, 0.4) is 0 Å². The molecule has 0 saturated heterocycles. The van der Waals surface area contributed by atoms with Crippen LogP contribution in [0.4, 0.5) is 10.8 Å². The number of ether oxygens (including phenoxy) is 2. The zero-order valence-electron chi connectivity index (χ0n) is 14.4. The van der Waals surface area contributed by atoms with Crippen molar-refractivity contribution in [3.05, 3.63) is 46.5 Å². The van der Waals surface area contributed by atoms with Crippen molar-refractivity contribution in [3.8, 4) is 5.75 Å². The van der Waals surface area contributed by atoms with Gasteiger partial charge in [0, 0.05) is 17.1 Å². The summed E-state index contributed by atoms with van der Waals surface area (Å²) in [5, 5.41) is 5.51. The number of hydrogen-bond acceptors (Lipinski definition) is 6. The molecule has 1 heterocycles. The lowest BCUT2D eigenvalue weighted by molar-refractivity contribution is 0.0520. The minimum absolute atomic E-state index is 0.316. The molecule has 0 bridgehead atoms. The SMILES string of the molecule is CCOC(=O)c1csc(Nc2ccc(C)c(OCC=C(C)C)c2)n1. The topological polar surface area (TPSA) is 60.5 Å². The van der Waals surface area contributed by atoms with Gasteiger partial charge in [-0.25, -0.2) is 9.78 Å². The molecule has 128 valence electrons. The van der Waals surface area contributed by atoms with Gasteiger partial charge in [0.05, 0.1) is 6.61 Å². The molecule has 0 atom stereocenters. The van der Waals surface area contributed by atoms with E-state index in [2.05, 4.69) is 10.3 Å². The van der Waals surface area contributed by atoms with E-state index in [0.717, 1.165) is 17.0 Å². The van der Waals surface area contributed by atoms with E-state index in [4.69, 9.17) is 9.47 Å². The maximum absolute atomic E-state index is 11.7. The molecule has 0 aliphatic rings. The van der Waals surface area contributed by atoms with E-state index in [0.29, 0.717) is 24.0 Å². The zero-order chi connectivity index (χ0) is 17.5. The highest BCUT2D eigenvalue weighted by molar-refractivity contribution is 7.14. The molecule has 1 N–H and O–H groups in total. The second-order valence-corrected chi connectivity index (χ2v) is 6.31. The number of carbonyl (C=O) groups is 1. The molecule has 0 aliphatic heterocycles. The summed E-state index contributed by atoms with van der Waals surface area (Å²) in [6, 6.07) is 5.87. The Kier molecular flexibility index (Phi) is 6.37. The largest absolute Gasteiger partial charge is 0.489 e. The van der Waals surface area contributed by atoms with E-state index in [9.17, 15) is 4.79 Å². The normalized spacial score (nSPS) is 10.2. The molecule has 6 heteroatoms. The van der Waals surface area contributed by atoms with Crippen LogP contribution in [-0.2, 0) is 4.74 Å². The predicted octanol–water partition coefficient (Wildman–Crippen LogP) is 4.72. The maximum atomic E-state index is 11.7. The summed E-state index contributed by atoms with van der Waals surface area (Å²) >= 11 is 1.36. The molecule has 0 spiro atoms. The summed E-state index contributed by atoms with van der Waals surface area (Å²) in [6.45, 7) is 8.73. The van der Waals surface area contributed by atoms with Gasteiger partial charge in [-0.05, 0) is 45.4 Å². The summed E-state index contributed by atoms with van der Waals surface area (Å²) in [7, 11) is 0. The Morgan fingerprint density at radius 3 is 2.88 bits per heavy atom. The van der Waals surface area contributed by atoms with E-state index in [1.165, 1.54) is 16.9 Å². The van der Waals surface area contributed by atoms with E-state index in [1.54, 1.807) is 12.3 Å². The molecule has 0 saturated carbocycles. The lowest BCUT2D eigenvalue weighted by Crippen LogP contribution is -2.05. The van der Waals surface area contributed by atoms with Gasteiger partial charge in [0.1, 0.15) is 12.4 Å². The monoisotopic (exact) mass is 346 g/mol. The first-order valence-corrected chi connectivity index (χ1v) is 8.64. The zero-order valence-corrected chi connectivity index (χ0v) is 15.2. The van der Waals surface area contributed by atoms with Crippen molar-refractivity contribution >= 4 is 28.1 Å².